The first-order valence-corrected chi connectivity index (χ1v) is 7.45. The number of hydrogen-bond donors (Lipinski definition) is 1. The minimum atomic E-state index is -0.298. The van der Waals surface area contributed by atoms with E-state index in [1.807, 2.05) is 43.0 Å². The number of aryl methyl sites for hydroxylation is 1. The molecular weight excluding hydrogens is 333 g/mol. The van der Waals surface area contributed by atoms with E-state index in [4.69, 9.17) is 0 Å². The topological polar surface area (TPSA) is 29.9 Å². The maximum atomic E-state index is 14.2. The Bertz CT molecular complexity index is 797. The summed E-state index contributed by atoms with van der Waals surface area (Å²) in [6.07, 6.45) is 0. The fourth-order valence-electron chi connectivity index (χ4n) is 2.63. The molecular formula is C16H15BrFN3. The van der Waals surface area contributed by atoms with Gasteiger partial charge in [-0.25, -0.2) is 4.39 Å². The van der Waals surface area contributed by atoms with Gasteiger partial charge >= 0.3 is 0 Å². The van der Waals surface area contributed by atoms with Crippen LogP contribution in [0.2, 0.25) is 0 Å². The van der Waals surface area contributed by atoms with E-state index >= 15 is 0 Å². The van der Waals surface area contributed by atoms with Gasteiger partial charge in [0.15, 0.2) is 0 Å². The smallest absolute Gasteiger partial charge is 0.128 e. The molecule has 3 nitrogen and oxygen atoms in total. The molecule has 0 spiro atoms. The van der Waals surface area contributed by atoms with E-state index in [2.05, 4.69) is 26.3 Å². The van der Waals surface area contributed by atoms with E-state index in [9.17, 15) is 4.39 Å². The molecule has 0 aliphatic rings. The average molecular weight is 348 g/mol. The van der Waals surface area contributed by atoms with Crippen LogP contribution in [0.4, 0.5) is 4.39 Å². The van der Waals surface area contributed by atoms with Crippen molar-refractivity contribution in [1.82, 2.24) is 15.1 Å². The second-order valence-electron chi connectivity index (χ2n) is 4.91. The molecule has 0 aliphatic carbocycles. The standard InChI is InChI=1S/C16H15BrFN3/c1-19-15(12-9-10(17)7-8-13(12)18)16-11-5-3-4-6-14(11)21(2)20-16/h3-9,15,19H,1-2H3. The SMILES string of the molecule is CNC(c1cc(Br)ccc1F)c1nn(C)c2ccccc12. The number of rotatable bonds is 3. The molecule has 3 rings (SSSR count). The molecule has 0 amide bonds. The summed E-state index contributed by atoms with van der Waals surface area (Å²) in [6.45, 7) is 0. The van der Waals surface area contributed by atoms with E-state index in [-0.39, 0.29) is 11.9 Å². The molecule has 0 saturated heterocycles. The number of hydrogen-bond acceptors (Lipinski definition) is 2. The van der Waals surface area contributed by atoms with Crippen molar-refractivity contribution < 1.29 is 4.39 Å². The summed E-state index contributed by atoms with van der Waals surface area (Å²) in [5.74, 6) is -0.243. The van der Waals surface area contributed by atoms with E-state index in [1.54, 1.807) is 12.1 Å². The highest BCUT2D eigenvalue weighted by Crippen LogP contribution is 2.30. The first kappa shape index (κ1) is 14.2. The molecule has 0 fully saturated rings. The van der Waals surface area contributed by atoms with Gasteiger partial charge in [-0.3, -0.25) is 4.68 Å². The lowest BCUT2D eigenvalue weighted by Gasteiger charge is -2.16. The molecule has 1 aromatic heterocycles. The van der Waals surface area contributed by atoms with Crippen LogP contribution >= 0.6 is 15.9 Å². The molecule has 1 unspecified atom stereocenters. The molecule has 21 heavy (non-hydrogen) atoms. The van der Waals surface area contributed by atoms with Gasteiger partial charge in [0, 0.05) is 22.5 Å². The monoisotopic (exact) mass is 347 g/mol. The summed E-state index contributed by atoms with van der Waals surface area (Å²) in [4.78, 5) is 0. The highest BCUT2D eigenvalue weighted by molar-refractivity contribution is 9.10. The lowest BCUT2D eigenvalue weighted by molar-refractivity contribution is 0.566. The summed E-state index contributed by atoms with van der Waals surface area (Å²) in [7, 11) is 3.71. The maximum Gasteiger partial charge on any atom is 0.128 e. The third-order valence-electron chi connectivity index (χ3n) is 3.62. The van der Waals surface area contributed by atoms with Gasteiger partial charge in [0.2, 0.25) is 0 Å². The minimum Gasteiger partial charge on any atom is -0.308 e. The van der Waals surface area contributed by atoms with Crippen molar-refractivity contribution in [3.05, 3.63) is 64.0 Å². The summed E-state index contributed by atoms with van der Waals surface area (Å²) in [5.41, 5.74) is 2.44. The Morgan fingerprint density at radius 1 is 1.24 bits per heavy atom. The van der Waals surface area contributed by atoms with E-state index in [0.717, 1.165) is 21.1 Å². The normalized spacial score (nSPS) is 12.8. The number of fused-ring (bicyclic) bond motifs is 1. The number of benzene rings is 2. The van der Waals surface area contributed by atoms with Crippen molar-refractivity contribution in [3.8, 4) is 0 Å². The molecule has 108 valence electrons. The van der Waals surface area contributed by atoms with E-state index < -0.39 is 0 Å². The average Bonchev–Trinajstić information content (AvgIpc) is 2.81. The van der Waals surface area contributed by atoms with Crippen LogP contribution in [0.25, 0.3) is 10.9 Å². The fourth-order valence-corrected chi connectivity index (χ4v) is 3.01. The molecule has 5 heteroatoms. The largest absolute Gasteiger partial charge is 0.308 e. The van der Waals surface area contributed by atoms with Crippen molar-refractivity contribution in [2.45, 2.75) is 6.04 Å². The summed E-state index contributed by atoms with van der Waals surface area (Å²) in [6, 6.07) is 12.6. The summed E-state index contributed by atoms with van der Waals surface area (Å²) < 4.78 is 16.9. The Kier molecular flexibility index (Phi) is 3.78. The quantitative estimate of drug-likeness (QED) is 0.781. The Morgan fingerprint density at radius 3 is 2.76 bits per heavy atom. The Morgan fingerprint density at radius 2 is 2.00 bits per heavy atom. The zero-order valence-corrected chi connectivity index (χ0v) is 13.4. The lowest BCUT2D eigenvalue weighted by atomic mass is 10.0. The third-order valence-corrected chi connectivity index (χ3v) is 4.11. The van der Waals surface area contributed by atoms with Gasteiger partial charge in [0.1, 0.15) is 5.82 Å². The van der Waals surface area contributed by atoms with Crippen molar-refractivity contribution in [1.29, 1.82) is 0 Å². The molecule has 0 aliphatic heterocycles. The Balaban J connectivity index is 2.21. The third kappa shape index (κ3) is 2.47. The Hall–Kier alpha value is -1.72. The lowest BCUT2D eigenvalue weighted by Crippen LogP contribution is -2.20. The fraction of sp³-hybridized carbons (Fsp3) is 0.188. The van der Waals surface area contributed by atoms with Crippen LogP contribution in [0.15, 0.2) is 46.9 Å². The molecule has 1 atom stereocenters. The zero-order valence-electron chi connectivity index (χ0n) is 11.8. The van der Waals surface area contributed by atoms with E-state index in [1.165, 1.54) is 6.07 Å². The van der Waals surface area contributed by atoms with Crippen molar-refractivity contribution >= 4 is 26.8 Å². The second kappa shape index (κ2) is 5.58. The molecule has 2 aromatic carbocycles. The predicted octanol–water partition coefficient (Wildman–Crippen LogP) is 3.78. The first-order valence-electron chi connectivity index (χ1n) is 6.65. The number of halogens is 2. The van der Waals surface area contributed by atoms with Crippen LogP contribution in [-0.4, -0.2) is 16.8 Å². The molecule has 0 radical (unpaired) electrons. The highest BCUT2D eigenvalue weighted by Gasteiger charge is 2.22. The predicted molar refractivity (Wildman–Crippen MR) is 85.7 cm³/mol. The van der Waals surface area contributed by atoms with Gasteiger partial charge < -0.3 is 5.32 Å². The first-order chi connectivity index (χ1) is 10.1. The second-order valence-corrected chi connectivity index (χ2v) is 5.83. The van der Waals surface area contributed by atoms with Crippen LogP contribution in [0.5, 0.6) is 0 Å². The summed E-state index contributed by atoms with van der Waals surface area (Å²) >= 11 is 3.40. The minimum absolute atomic E-state index is 0.243. The number of para-hydroxylation sites is 1. The molecule has 0 saturated carbocycles. The number of nitrogens with zero attached hydrogens (tertiary/aromatic N) is 2. The Labute approximate surface area is 130 Å². The van der Waals surface area contributed by atoms with Crippen LogP contribution in [0, 0.1) is 5.82 Å². The number of aromatic nitrogens is 2. The van der Waals surface area contributed by atoms with Gasteiger partial charge in [-0.1, -0.05) is 34.1 Å². The van der Waals surface area contributed by atoms with Crippen molar-refractivity contribution in [2.24, 2.45) is 7.05 Å². The molecule has 0 bridgehead atoms. The van der Waals surface area contributed by atoms with Crippen molar-refractivity contribution in [3.63, 3.8) is 0 Å². The van der Waals surface area contributed by atoms with Crippen LogP contribution < -0.4 is 5.32 Å². The zero-order chi connectivity index (χ0) is 15.0. The van der Waals surface area contributed by atoms with Gasteiger partial charge in [-0.2, -0.15) is 5.10 Å². The summed E-state index contributed by atoms with van der Waals surface area (Å²) in [5, 5.41) is 8.78. The van der Waals surface area contributed by atoms with Crippen LogP contribution in [0.1, 0.15) is 17.3 Å². The van der Waals surface area contributed by atoms with Crippen LogP contribution in [-0.2, 0) is 7.05 Å². The highest BCUT2D eigenvalue weighted by atomic mass is 79.9. The van der Waals surface area contributed by atoms with E-state index in [0.29, 0.717) is 5.56 Å². The van der Waals surface area contributed by atoms with Gasteiger partial charge in [0.05, 0.1) is 17.3 Å². The van der Waals surface area contributed by atoms with Crippen LogP contribution in [0.3, 0.4) is 0 Å². The van der Waals surface area contributed by atoms with Crippen molar-refractivity contribution in [2.75, 3.05) is 7.05 Å². The maximum absolute atomic E-state index is 14.2. The van der Waals surface area contributed by atoms with Gasteiger partial charge in [-0.05, 0) is 31.3 Å². The number of nitrogens with one attached hydrogen (secondary N) is 1. The van der Waals surface area contributed by atoms with Gasteiger partial charge in [-0.15, -0.1) is 0 Å². The molecule has 3 aromatic rings. The molecule has 1 N–H and O–H groups in total. The van der Waals surface area contributed by atoms with Gasteiger partial charge in [0.25, 0.3) is 0 Å². The molecule has 1 heterocycles.